The van der Waals surface area contributed by atoms with Gasteiger partial charge in [-0.1, -0.05) is 266 Å². The van der Waals surface area contributed by atoms with Crippen molar-refractivity contribution in [1.29, 1.82) is 0 Å². The second kappa shape index (κ2) is 46.5. The standard InChI is InChI=1S/2C16H27NO4S.C16H31NO3S.C16H30O2.C16H32O2.C15H26O2.C14H22/c2*1-6-14(2,3)13(19)17-22(20,21)10-16-8-7-11(9-12(16)18)15(16,4)5;1-7-16(5,6)14(18)17-21(19,20)13-10-8-12(9-11-13)15(2,3)4;1-7-16(5,6)14(17)18-13-10-8-12(9-11-13)15(2,3)4;1-8-15(5,6)14(17)18-16(7,9-2)12-10-11-13(3)4;1-6-10(2)13(16)17-12-9-11-7-8-15(12,5)14(11,3)4;1-6-11(2)12-7-9-13(10-8-12)14(3,4)5/h2*11H,6-10H2,1-5H3,(H,17,19);12-13H,7-11H2,1-6H3,(H,17,18);12-13H,7-11H2,1-6H3;13H,8-12H2,1-7H3;10-12H,6-9H2,1-5H3;7-11H,6H2,1-5H3. The number of Topliss-reactive ketones (excluding diaryl/α,β-unsaturated/α-hetero) is 2. The van der Waals surface area contributed by atoms with Crippen molar-refractivity contribution in [3.8, 4) is 0 Å². The molecule has 0 aromatic heterocycles. The number of ketones is 2. The molecule has 0 radical (unpaired) electrons. The van der Waals surface area contributed by atoms with E-state index in [0.29, 0.717) is 86.4 Å². The van der Waals surface area contributed by atoms with Crippen LogP contribution in [-0.4, -0.2) is 107 Å². The van der Waals surface area contributed by atoms with E-state index in [9.17, 15) is 63.6 Å². The number of ether oxygens (including phenoxy) is 3. The molecule has 0 saturated heterocycles. The summed E-state index contributed by atoms with van der Waals surface area (Å²) in [5.41, 5.74) is -1.13. The van der Waals surface area contributed by atoms with Gasteiger partial charge >= 0.3 is 17.9 Å². The average Bonchev–Trinajstić information content (AvgIpc) is 1.54. The molecule has 0 aliphatic heterocycles. The van der Waals surface area contributed by atoms with Gasteiger partial charge in [0, 0.05) is 34.5 Å². The van der Waals surface area contributed by atoms with Gasteiger partial charge in [-0.05, 0) is 280 Å². The third-order valence-corrected chi connectivity index (χ3v) is 39.8. The van der Waals surface area contributed by atoms with Crippen LogP contribution in [0.5, 0.6) is 0 Å². The first-order chi connectivity index (χ1) is 59.8. The Balaban J connectivity index is 0.000000399. The van der Waals surface area contributed by atoms with Crippen molar-refractivity contribution in [2.45, 2.75) is 484 Å². The van der Waals surface area contributed by atoms with Gasteiger partial charge in [-0.3, -0.25) is 52.5 Å². The predicted octanol–water partition coefficient (Wildman–Crippen LogP) is 25.8. The number of fused-ring (bicyclic) bond motifs is 6. The van der Waals surface area contributed by atoms with Gasteiger partial charge in [0.25, 0.3) is 0 Å². The number of hydrogen-bond donors (Lipinski definition) is 3. The van der Waals surface area contributed by atoms with E-state index in [4.69, 9.17) is 14.2 Å². The molecule has 20 nitrogen and oxygen atoms in total. The van der Waals surface area contributed by atoms with E-state index in [0.717, 1.165) is 95.3 Å². The summed E-state index contributed by atoms with van der Waals surface area (Å²) in [4.78, 5) is 97.3. The maximum Gasteiger partial charge on any atom is 0.312 e. The van der Waals surface area contributed by atoms with Crippen LogP contribution in [0, 0.1) is 112 Å². The molecule has 8 aliphatic carbocycles. The first-order valence-electron chi connectivity index (χ1n) is 51.2. The minimum absolute atomic E-state index is 0.00192. The first kappa shape index (κ1) is 121. The topological polar surface area (TPSA) is 303 Å². The van der Waals surface area contributed by atoms with E-state index in [1.807, 2.05) is 104 Å². The predicted molar refractivity (Wildman–Crippen MR) is 541 cm³/mol. The third kappa shape index (κ3) is 31.1. The number of carbonyl (C=O) groups excluding carboxylic acids is 8. The lowest BCUT2D eigenvalue weighted by atomic mass is 9.70. The Bertz CT molecular complexity index is 4220. The Labute approximate surface area is 807 Å². The van der Waals surface area contributed by atoms with Crippen molar-refractivity contribution in [3.63, 3.8) is 0 Å². The van der Waals surface area contributed by atoms with Crippen molar-refractivity contribution >= 4 is 77.3 Å². The van der Waals surface area contributed by atoms with Crippen LogP contribution >= 0.6 is 0 Å². The molecule has 1 aromatic rings. The Morgan fingerprint density at radius 1 is 0.439 bits per heavy atom. The summed E-state index contributed by atoms with van der Waals surface area (Å²) in [7, 11) is -11.2. The summed E-state index contributed by atoms with van der Waals surface area (Å²) in [6.07, 6.45) is 25.0. The van der Waals surface area contributed by atoms with Gasteiger partial charge in [0.05, 0.1) is 44.3 Å². The summed E-state index contributed by atoms with van der Waals surface area (Å²) in [5.74, 6) is 2.13. The zero-order chi connectivity index (χ0) is 102. The highest BCUT2D eigenvalue weighted by molar-refractivity contribution is 7.91. The fraction of sp³-hybridized carbons (Fsp3) is 0.872. The van der Waals surface area contributed by atoms with Crippen LogP contribution < -0.4 is 14.2 Å². The monoisotopic (exact) mass is 1910 g/mol. The van der Waals surface area contributed by atoms with Crippen molar-refractivity contribution in [1.82, 2.24) is 14.2 Å². The lowest BCUT2D eigenvalue weighted by molar-refractivity contribution is -0.170. The molecule has 3 amide bonds. The maximum atomic E-state index is 12.5. The van der Waals surface area contributed by atoms with Gasteiger partial charge in [0.15, 0.2) is 0 Å². The summed E-state index contributed by atoms with van der Waals surface area (Å²) < 4.78 is 98.7. The molecule has 766 valence electrons. The second-order valence-corrected chi connectivity index (χ2v) is 55.9. The van der Waals surface area contributed by atoms with E-state index in [1.165, 1.54) is 49.7 Å². The van der Waals surface area contributed by atoms with Gasteiger partial charge in [0.2, 0.25) is 47.8 Å². The molecule has 23 heteroatoms. The Hall–Kier alpha value is -4.77. The molecule has 8 aliphatic rings. The second-order valence-electron chi connectivity index (χ2n) is 50.5. The van der Waals surface area contributed by atoms with E-state index in [-0.39, 0.29) is 120 Å². The number of carbonyl (C=O) groups is 8. The normalized spacial score (nSPS) is 26.5. The fourth-order valence-corrected chi connectivity index (χ4v) is 25.5. The number of nitrogens with one attached hydrogen (secondary N) is 3. The lowest BCUT2D eigenvalue weighted by Gasteiger charge is -2.38. The smallest absolute Gasteiger partial charge is 0.312 e. The SMILES string of the molecule is CCC(C)(C)C(=O)NS(=O)(=O)C1CCC(C(C)(C)C)CC1.CCC(C)(C)C(=O)NS(=O)(=O)CC12CCC(CC1=O)C2(C)C.CCC(C)(C)C(=O)NS(=O)(=O)CC12CCC(CC1=O)C2(C)C.CCC(C)(C)C(=O)OC1CCC(C(C)(C)C)CC1.CCC(C)(CCCC(C)C)OC(=O)C(C)(C)CC.CCC(C)C(=O)OC1CC2CCC1(C)C2(C)C.CCC(C)c1ccc(C(C)(C)C)cc1. The van der Waals surface area contributed by atoms with Gasteiger partial charge in [0.1, 0.15) is 29.4 Å². The van der Waals surface area contributed by atoms with Gasteiger partial charge in [-0.15, -0.1) is 0 Å². The van der Waals surface area contributed by atoms with Gasteiger partial charge < -0.3 is 14.2 Å². The lowest BCUT2D eigenvalue weighted by Crippen LogP contribution is -2.48. The zero-order valence-corrected chi connectivity index (χ0v) is 93.5. The summed E-state index contributed by atoms with van der Waals surface area (Å²) >= 11 is 0. The molecule has 1 aromatic carbocycles. The minimum Gasteiger partial charge on any atom is -0.462 e. The van der Waals surface area contributed by atoms with Gasteiger partial charge in [-0.2, -0.15) is 0 Å². The number of rotatable bonds is 30. The van der Waals surface area contributed by atoms with Crippen molar-refractivity contribution < 1.29 is 77.8 Å². The van der Waals surface area contributed by atoms with Crippen LogP contribution in [0.1, 0.15) is 467 Å². The fourth-order valence-electron chi connectivity index (χ4n) is 20.0. The summed E-state index contributed by atoms with van der Waals surface area (Å²) in [6, 6.07) is 9.08. The van der Waals surface area contributed by atoms with E-state index < -0.39 is 74.2 Å². The molecular weight excluding hydrogens is 1720 g/mol. The van der Waals surface area contributed by atoms with Crippen LogP contribution in [0.4, 0.5) is 0 Å². The Morgan fingerprint density at radius 2 is 0.818 bits per heavy atom. The quantitative estimate of drug-likeness (QED) is 0.0476. The Morgan fingerprint density at radius 3 is 1.13 bits per heavy atom. The highest BCUT2D eigenvalue weighted by Crippen LogP contribution is 2.68. The molecule has 9 rings (SSSR count). The number of hydrogen-bond acceptors (Lipinski definition) is 17. The number of esters is 3. The van der Waals surface area contributed by atoms with Gasteiger partial charge in [-0.25, -0.2) is 25.3 Å². The third-order valence-electron chi connectivity index (χ3n) is 35.3. The van der Waals surface area contributed by atoms with Crippen molar-refractivity contribution in [2.75, 3.05) is 11.5 Å². The molecule has 8 saturated carbocycles. The average molecular weight is 1920 g/mol. The minimum atomic E-state index is -3.83. The molecule has 10 atom stereocenters. The van der Waals surface area contributed by atoms with Crippen LogP contribution in [0.2, 0.25) is 0 Å². The molecule has 6 bridgehead atoms. The Kier molecular flexibility index (Phi) is 42.8. The summed E-state index contributed by atoms with van der Waals surface area (Å²) in [5, 5.41) is -0.423. The largest absolute Gasteiger partial charge is 0.462 e. The molecule has 0 spiro atoms. The zero-order valence-electron chi connectivity index (χ0n) is 91.0. The molecule has 0 heterocycles. The van der Waals surface area contributed by atoms with Crippen LogP contribution in [0.15, 0.2) is 24.3 Å². The molecule has 132 heavy (non-hydrogen) atoms. The summed E-state index contributed by atoms with van der Waals surface area (Å²) in [6.45, 7) is 80.3. The van der Waals surface area contributed by atoms with Crippen molar-refractivity contribution in [2.24, 2.45) is 112 Å². The maximum absolute atomic E-state index is 12.5. The molecular formula is C109H195N3O17S3. The van der Waals surface area contributed by atoms with Crippen LogP contribution in [-0.2, 0) is 88.1 Å². The number of sulfonamides is 3. The first-order valence-corrected chi connectivity index (χ1v) is 56.1. The van der Waals surface area contributed by atoms with E-state index in [1.54, 1.807) is 41.5 Å². The highest BCUT2D eigenvalue weighted by Gasteiger charge is 2.68. The number of amides is 3. The highest BCUT2D eigenvalue weighted by atomic mass is 32.2. The van der Waals surface area contributed by atoms with Crippen LogP contribution in [0.25, 0.3) is 0 Å². The van der Waals surface area contributed by atoms with Crippen molar-refractivity contribution in [3.05, 3.63) is 35.4 Å². The van der Waals surface area contributed by atoms with E-state index in [2.05, 4.69) is 163 Å². The molecule has 10 unspecified atom stereocenters. The van der Waals surface area contributed by atoms with Crippen LogP contribution in [0.3, 0.4) is 0 Å². The molecule has 3 N–H and O–H groups in total. The number of benzene rings is 1. The van der Waals surface area contributed by atoms with E-state index >= 15 is 0 Å². The molecule has 8 fully saturated rings.